The number of pyridine rings is 1. The van der Waals surface area contributed by atoms with E-state index in [0.29, 0.717) is 13.0 Å². The minimum atomic E-state index is -0.652. The Morgan fingerprint density at radius 2 is 2.05 bits per heavy atom. The smallest absolute Gasteiger partial charge is 0.334 e. The van der Waals surface area contributed by atoms with E-state index in [9.17, 15) is 14.0 Å². The zero-order valence-electron chi connectivity index (χ0n) is 20.2. The summed E-state index contributed by atoms with van der Waals surface area (Å²) in [6, 6.07) is 7.62. The summed E-state index contributed by atoms with van der Waals surface area (Å²) in [6.45, 7) is 4.53. The monoisotopic (exact) mass is 730 g/mol. The molecular weight excluding hydrogens is 705 g/mol. The third-order valence-electron chi connectivity index (χ3n) is 5.70. The van der Waals surface area contributed by atoms with Gasteiger partial charge in [0.25, 0.3) is 0 Å². The maximum Gasteiger partial charge on any atom is 0.334 e. The molecule has 194 valence electrons. The number of hydrogen-bond donors (Lipinski definition) is 1. The van der Waals surface area contributed by atoms with E-state index in [2.05, 4.69) is 66.8 Å². The van der Waals surface area contributed by atoms with Gasteiger partial charge in [-0.2, -0.15) is 0 Å². The molecule has 2 aromatic heterocycles. The number of ether oxygens (including phenoxy) is 1. The molecular formula is C25H25FI2N6O3. The number of aromatic nitrogens is 4. The van der Waals surface area contributed by atoms with Crippen molar-refractivity contribution < 1.29 is 9.13 Å². The standard InChI is InChI=1S/C25H25FI2N6O3/c1-3-12-32-24(35)31-23(33(25(32)36)15-17-6-4-16(2)5-7-17)30-18-8-10-21(20(26)13-18)37-22-11-9-19(14-29-22)34(27)28/h4-6,8-11,13-14,17H,3,7,12,15H2,1-2H3,(H,30,31,35). The molecule has 0 saturated heterocycles. The highest BCUT2D eigenvalue weighted by Crippen LogP contribution is 2.28. The Balaban J connectivity index is 1.68. The van der Waals surface area contributed by atoms with Crippen LogP contribution in [0, 0.1) is 11.7 Å². The summed E-state index contributed by atoms with van der Waals surface area (Å²) in [5, 5.41) is 0. The Morgan fingerprint density at radius 3 is 2.68 bits per heavy atom. The predicted octanol–water partition coefficient (Wildman–Crippen LogP) is 5.34. The number of allylic oxidation sites excluding steroid dienone is 4. The van der Waals surface area contributed by atoms with Crippen molar-refractivity contribution in [2.24, 2.45) is 10.9 Å². The first kappa shape index (κ1) is 27.3. The number of halogens is 3. The first-order valence-corrected chi connectivity index (χ1v) is 13.6. The fourth-order valence-electron chi connectivity index (χ4n) is 3.78. The summed E-state index contributed by atoms with van der Waals surface area (Å²) >= 11 is 4.22. The first-order valence-electron chi connectivity index (χ1n) is 11.6. The van der Waals surface area contributed by atoms with Crippen molar-refractivity contribution in [3.05, 3.63) is 92.7 Å². The molecule has 37 heavy (non-hydrogen) atoms. The quantitative estimate of drug-likeness (QED) is 0.250. The van der Waals surface area contributed by atoms with Crippen molar-refractivity contribution in [2.75, 3.05) is 1.33 Å². The van der Waals surface area contributed by atoms with Crippen LogP contribution in [0.5, 0.6) is 11.6 Å². The molecule has 0 fully saturated rings. The van der Waals surface area contributed by atoms with E-state index < -0.39 is 17.2 Å². The highest BCUT2D eigenvalue weighted by atomic mass is 127. The van der Waals surface area contributed by atoms with E-state index in [1.807, 2.05) is 27.3 Å². The van der Waals surface area contributed by atoms with E-state index in [0.717, 1.165) is 22.2 Å². The van der Waals surface area contributed by atoms with Crippen LogP contribution in [0.3, 0.4) is 0 Å². The molecule has 1 aliphatic rings. The molecule has 1 aliphatic carbocycles. The summed E-state index contributed by atoms with van der Waals surface area (Å²) < 4.78 is 24.9. The number of nitrogens with zero attached hydrogens (tertiary/aromatic N) is 5. The van der Waals surface area contributed by atoms with Crippen LogP contribution >= 0.6 is 45.7 Å². The van der Waals surface area contributed by atoms with Crippen LogP contribution in [0.4, 0.5) is 15.8 Å². The second-order valence-electron chi connectivity index (χ2n) is 8.52. The van der Waals surface area contributed by atoms with Crippen molar-refractivity contribution in [2.45, 2.75) is 39.8 Å². The van der Waals surface area contributed by atoms with Gasteiger partial charge in [0.2, 0.25) is 11.5 Å². The van der Waals surface area contributed by atoms with Gasteiger partial charge >= 0.3 is 11.4 Å². The zero-order valence-corrected chi connectivity index (χ0v) is 24.5. The summed E-state index contributed by atoms with van der Waals surface area (Å²) in [7, 11) is 0. The highest BCUT2D eigenvalue weighted by molar-refractivity contribution is 14.2. The molecule has 0 spiro atoms. The summed E-state index contributed by atoms with van der Waals surface area (Å²) in [6.07, 6.45) is 9.18. The van der Waals surface area contributed by atoms with Crippen molar-refractivity contribution in [1.82, 2.24) is 19.1 Å². The van der Waals surface area contributed by atoms with Crippen molar-refractivity contribution >= 4 is 57.1 Å². The Kier molecular flexibility index (Phi) is 9.00. The second kappa shape index (κ2) is 12.2. The molecule has 0 saturated carbocycles. The van der Waals surface area contributed by atoms with Crippen molar-refractivity contribution in [1.29, 1.82) is 0 Å². The minimum absolute atomic E-state index is 0.0192. The molecule has 1 aromatic carbocycles. The maximum atomic E-state index is 14.9. The zero-order chi connectivity index (χ0) is 26.5. The highest BCUT2D eigenvalue weighted by Gasteiger charge is 2.15. The van der Waals surface area contributed by atoms with E-state index in [4.69, 9.17) is 4.74 Å². The molecule has 1 atom stereocenters. The molecule has 2 heterocycles. The molecule has 0 amide bonds. The van der Waals surface area contributed by atoms with E-state index in [-0.39, 0.29) is 35.4 Å². The summed E-state index contributed by atoms with van der Waals surface area (Å²) in [4.78, 5) is 37.2. The van der Waals surface area contributed by atoms with Gasteiger partial charge in [0, 0.05) is 25.2 Å². The minimum Gasteiger partial charge on any atom is -0.436 e. The molecule has 1 unspecified atom stereocenters. The van der Waals surface area contributed by atoms with Gasteiger partial charge in [-0.3, -0.25) is 10.9 Å². The second-order valence-corrected chi connectivity index (χ2v) is 12.3. The van der Waals surface area contributed by atoms with E-state index in [1.165, 1.54) is 16.7 Å². The van der Waals surface area contributed by atoms with E-state index in [1.54, 1.807) is 24.4 Å². The molecule has 1 N–H and O–H groups in total. The average molecular weight is 730 g/mol. The number of aromatic amines is 1. The third-order valence-corrected chi connectivity index (χ3v) is 6.81. The Morgan fingerprint density at radius 1 is 1.24 bits per heavy atom. The fraction of sp³-hybridized carbons (Fsp3) is 0.280. The molecule has 9 nitrogen and oxygen atoms in total. The molecule has 0 radical (unpaired) electrons. The normalized spacial score (nSPS) is 15.5. The van der Waals surface area contributed by atoms with Gasteiger partial charge in [-0.15, -0.1) is 0 Å². The fourth-order valence-corrected chi connectivity index (χ4v) is 4.35. The Bertz CT molecular complexity index is 1520. The third kappa shape index (κ3) is 6.77. The molecule has 0 aliphatic heterocycles. The Hall–Kier alpha value is -2.75. The lowest BCUT2D eigenvalue weighted by Crippen LogP contribution is -2.50. The maximum absolute atomic E-state index is 14.9. The number of benzene rings is 1. The van der Waals surface area contributed by atoms with Crippen LogP contribution in [-0.4, -0.2) is 19.1 Å². The van der Waals surface area contributed by atoms with Crippen LogP contribution in [0.15, 0.2) is 74.9 Å². The van der Waals surface area contributed by atoms with Gasteiger partial charge in [-0.1, -0.05) is 30.7 Å². The number of hydrogen-bond acceptors (Lipinski definition) is 6. The predicted molar refractivity (Wildman–Crippen MR) is 157 cm³/mol. The topological polar surface area (TPSA) is 97.5 Å². The largest absolute Gasteiger partial charge is 0.436 e. The van der Waals surface area contributed by atoms with Gasteiger partial charge in [0.05, 0.1) is 63.3 Å². The summed E-state index contributed by atoms with van der Waals surface area (Å²) in [5.74, 6) is -0.363. The van der Waals surface area contributed by atoms with Crippen LogP contribution in [-0.2, 0) is 13.1 Å². The number of H-pyrrole nitrogens is 1. The lowest BCUT2D eigenvalue weighted by molar-refractivity contribution is 0.427. The van der Waals surface area contributed by atoms with Crippen LogP contribution in [0.2, 0.25) is 0 Å². The average Bonchev–Trinajstić information content (AvgIpc) is 2.87. The van der Waals surface area contributed by atoms with Gasteiger partial charge in [0.15, 0.2) is 11.6 Å². The molecule has 4 rings (SSSR count). The van der Waals surface area contributed by atoms with Gasteiger partial charge < -0.3 is 4.74 Å². The molecule has 0 bridgehead atoms. The first-order chi connectivity index (χ1) is 17.7. The van der Waals surface area contributed by atoms with Crippen LogP contribution < -0.4 is 23.1 Å². The molecule has 12 heteroatoms. The van der Waals surface area contributed by atoms with Gasteiger partial charge in [0.1, 0.15) is 0 Å². The lowest BCUT2D eigenvalue weighted by Gasteiger charge is -2.17. The number of anilines is 1. The van der Waals surface area contributed by atoms with Crippen LogP contribution in [0.1, 0.15) is 26.7 Å². The SMILES string of the molecule is CCCn1c(=O)[nH]/c(=N\c2ccc(Oc3ccc(N(I)I)cn3)c(F)c2)n(CC2C=CC(C)=CC2)c1=O. The number of nitrogens with one attached hydrogen (secondary N) is 1. The number of rotatable bonds is 8. The van der Waals surface area contributed by atoms with Crippen molar-refractivity contribution in [3.63, 3.8) is 0 Å². The van der Waals surface area contributed by atoms with Gasteiger partial charge in [-0.05, 0) is 43.9 Å². The van der Waals surface area contributed by atoms with Crippen LogP contribution in [0.25, 0.3) is 0 Å². The Labute approximate surface area is 240 Å². The van der Waals surface area contributed by atoms with E-state index >= 15 is 0 Å². The van der Waals surface area contributed by atoms with Crippen molar-refractivity contribution in [3.8, 4) is 11.6 Å². The molecule has 3 aromatic rings. The lowest BCUT2D eigenvalue weighted by atomic mass is 9.97. The van der Waals surface area contributed by atoms with Gasteiger partial charge in [-0.25, -0.2) is 28.5 Å². The summed E-state index contributed by atoms with van der Waals surface area (Å²) in [5.41, 5.74) is 1.32.